The molecule has 0 radical (unpaired) electrons. The van der Waals surface area contributed by atoms with Gasteiger partial charge in [0, 0.05) is 23.5 Å². The molecule has 142 valence electrons. The molecule has 0 bridgehead atoms. The van der Waals surface area contributed by atoms with Crippen LogP contribution in [-0.2, 0) is 6.54 Å². The molecular formula is C25H21N3O. The summed E-state index contributed by atoms with van der Waals surface area (Å²) < 4.78 is 1.91. The molecule has 0 aliphatic rings. The standard InChI is InChI=1S/C25H21N3O/c1-17-13-18(2)27-25-24(17)21(14-26)23(16-29)28(25)15-22(19-9-5-3-6-10-19)20-11-7-4-8-12-20/h3-13,16,22H,15H2,1-2H3. The first kappa shape index (κ1) is 18.6. The van der Waals surface area contributed by atoms with Crippen molar-refractivity contribution < 1.29 is 4.79 Å². The lowest BCUT2D eigenvalue weighted by molar-refractivity contribution is 0.111. The molecule has 0 aliphatic carbocycles. The van der Waals surface area contributed by atoms with Gasteiger partial charge in [-0.05, 0) is 36.6 Å². The lowest BCUT2D eigenvalue weighted by atomic mass is 9.91. The summed E-state index contributed by atoms with van der Waals surface area (Å²) in [5.74, 6) is 0.0286. The molecule has 0 saturated carbocycles. The predicted molar refractivity (Wildman–Crippen MR) is 114 cm³/mol. The van der Waals surface area contributed by atoms with Gasteiger partial charge in [-0.15, -0.1) is 0 Å². The average Bonchev–Trinajstić information content (AvgIpc) is 3.05. The molecule has 0 amide bonds. The highest BCUT2D eigenvalue weighted by atomic mass is 16.1. The molecule has 4 aromatic rings. The summed E-state index contributed by atoms with van der Waals surface area (Å²) in [6.07, 6.45) is 0.780. The van der Waals surface area contributed by atoms with Gasteiger partial charge in [-0.1, -0.05) is 60.7 Å². The third kappa shape index (κ3) is 3.32. The van der Waals surface area contributed by atoms with Crippen molar-refractivity contribution >= 4 is 17.3 Å². The van der Waals surface area contributed by atoms with Crippen LogP contribution in [0.2, 0.25) is 0 Å². The molecule has 2 aromatic heterocycles. The van der Waals surface area contributed by atoms with Gasteiger partial charge in [0.15, 0.2) is 6.29 Å². The van der Waals surface area contributed by atoms with Gasteiger partial charge in [0.1, 0.15) is 17.4 Å². The van der Waals surface area contributed by atoms with Crippen molar-refractivity contribution in [3.63, 3.8) is 0 Å². The molecule has 0 saturated heterocycles. The van der Waals surface area contributed by atoms with Gasteiger partial charge in [-0.2, -0.15) is 5.26 Å². The molecule has 0 N–H and O–H groups in total. The molecular weight excluding hydrogens is 358 g/mol. The smallest absolute Gasteiger partial charge is 0.167 e. The maximum Gasteiger partial charge on any atom is 0.167 e. The molecule has 2 aromatic carbocycles. The Morgan fingerprint density at radius 3 is 2.14 bits per heavy atom. The Kier molecular flexibility index (Phi) is 4.97. The second-order valence-corrected chi connectivity index (χ2v) is 7.25. The summed E-state index contributed by atoms with van der Waals surface area (Å²) >= 11 is 0. The Hall–Kier alpha value is -3.71. The van der Waals surface area contributed by atoms with Crippen LogP contribution in [0.5, 0.6) is 0 Å². The first-order valence-corrected chi connectivity index (χ1v) is 9.59. The van der Waals surface area contributed by atoms with E-state index >= 15 is 0 Å². The van der Waals surface area contributed by atoms with Gasteiger partial charge < -0.3 is 4.57 Å². The van der Waals surface area contributed by atoms with Gasteiger partial charge >= 0.3 is 0 Å². The number of carbonyl (C=O) groups is 1. The van der Waals surface area contributed by atoms with Gasteiger partial charge in [0.05, 0.1) is 5.56 Å². The van der Waals surface area contributed by atoms with Gasteiger partial charge in [0.25, 0.3) is 0 Å². The van der Waals surface area contributed by atoms with Crippen molar-refractivity contribution in [2.24, 2.45) is 0 Å². The molecule has 0 atom stereocenters. The number of hydrogen-bond donors (Lipinski definition) is 0. The fraction of sp³-hybridized carbons (Fsp3) is 0.160. The number of carbonyl (C=O) groups excluding carboxylic acids is 1. The normalized spacial score (nSPS) is 11.0. The number of benzene rings is 2. The number of hydrogen-bond acceptors (Lipinski definition) is 3. The SMILES string of the molecule is Cc1cc(C)c2c(C#N)c(C=O)n(CC(c3ccccc3)c3ccccc3)c2n1. The molecule has 4 nitrogen and oxygen atoms in total. The van der Waals surface area contributed by atoms with Gasteiger partial charge in [-0.25, -0.2) is 4.98 Å². The van der Waals surface area contributed by atoms with Crippen molar-refractivity contribution in [1.29, 1.82) is 5.26 Å². The van der Waals surface area contributed by atoms with E-state index in [1.165, 1.54) is 0 Å². The van der Waals surface area contributed by atoms with Crippen LogP contribution in [0.15, 0.2) is 66.7 Å². The summed E-state index contributed by atoms with van der Waals surface area (Å²) in [6, 6.07) is 24.6. The van der Waals surface area contributed by atoms with Crippen molar-refractivity contribution in [2.45, 2.75) is 26.3 Å². The Morgan fingerprint density at radius 1 is 1.03 bits per heavy atom. The molecule has 0 aliphatic heterocycles. The quantitative estimate of drug-likeness (QED) is 0.450. The molecule has 0 fully saturated rings. The second kappa shape index (κ2) is 7.73. The third-order valence-electron chi connectivity index (χ3n) is 5.37. The van der Waals surface area contributed by atoms with Crippen molar-refractivity contribution in [3.05, 3.63) is 100 Å². The minimum Gasteiger partial charge on any atom is -0.321 e. The summed E-state index contributed by atoms with van der Waals surface area (Å²) in [4.78, 5) is 16.7. The van der Waals surface area contributed by atoms with E-state index in [2.05, 4.69) is 30.3 Å². The zero-order chi connectivity index (χ0) is 20.4. The largest absolute Gasteiger partial charge is 0.321 e. The number of aromatic nitrogens is 2. The minimum absolute atomic E-state index is 0.0286. The Balaban J connectivity index is 1.96. The van der Waals surface area contributed by atoms with Crippen LogP contribution in [0.25, 0.3) is 11.0 Å². The summed E-state index contributed by atoms with van der Waals surface area (Å²) in [5.41, 5.74) is 5.62. The second-order valence-electron chi connectivity index (χ2n) is 7.25. The number of nitrogens with zero attached hydrogens (tertiary/aromatic N) is 3. The number of aldehydes is 1. The summed E-state index contributed by atoms with van der Waals surface area (Å²) in [6.45, 7) is 4.42. The predicted octanol–water partition coefficient (Wildman–Crippen LogP) is 5.17. The van der Waals surface area contributed by atoms with Crippen LogP contribution in [0.1, 0.15) is 44.4 Å². The molecule has 0 spiro atoms. The van der Waals surface area contributed by atoms with Crippen molar-refractivity contribution in [3.8, 4) is 6.07 Å². The van der Waals surface area contributed by atoms with Crippen molar-refractivity contribution in [2.75, 3.05) is 0 Å². The lowest BCUT2D eigenvalue weighted by Crippen LogP contribution is -2.14. The van der Waals surface area contributed by atoms with E-state index in [0.29, 0.717) is 23.4 Å². The van der Waals surface area contributed by atoms with Crippen LogP contribution in [-0.4, -0.2) is 15.8 Å². The Morgan fingerprint density at radius 2 is 1.62 bits per heavy atom. The summed E-state index contributed by atoms with van der Waals surface area (Å²) in [7, 11) is 0. The highest BCUT2D eigenvalue weighted by molar-refractivity contribution is 5.95. The maximum absolute atomic E-state index is 12.0. The van der Waals surface area contributed by atoms with E-state index in [4.69, 9.17) is 4.98 Å². The fourth-order valence-electron chi connectivity index (χ4n) is 4.08. The molecule has 4 heteroatoms. The molecule has 0 unspecified atom stereocenters. The number of rotatable bonds is 5. The van der Waals surface area contributed by atoms with Crippen LogP contribution in [0, 0.1) is 25.2 Å². The first-order chi connectivity index (χ1) is 14.1. The van der Waals surface area contributed by atoms with E-state index in [-0.39, 0.29) is 5.92 Å². The average molecular weight is 379 g/mol. The van der Waals surface area contributed by atoms with Crippen LogP contribution in [0.4, 0.5) is 0 Å². The van der Waals surface area contributed by atoms with E-state index in [1.807, 2.05) is 60.9 Å². The number of aryl methyl sites for hydroxylation is 2. The highest BCUT2D eigenvalue weighted by Crippen LogP contribution is 2.32. The van der Waals surface area contributed by atoms with Crippen molar-refractivity contribution in [1.82, 2.24) is 9.55 Å². The number of fused-ring (bicyclic) bond motifs is 1. The number of nitriles is 1. The zero-order valence-electron chi connectivity index (χ0n) is 16.5. The Labute approximate surface area is 170 Å². The first-order valence-electron chi connectivity index (χ1n) is 9.59. The van der Waals surface area contributed by atoms with E-state index in [9.17, 15) is 10.1 Å². The Bertz CT molecular complexity index is 1180. The zero-order valence-corrected chi connectivity index (χ0v) is 16.5. The van der Waals surface area contributed by atoms with E-state index in [1.54, 1.807) is 0 Å². The van der Waals surface area contributed by atoms with Crippen LogP contribution >= 0.6 is 0 Å². The topological polar surface area (TPSA) is 58.7 Å². The summed E-state index contributed by atoms with van der Waals surface area (Å²) in [5, 5.41) is 10.5. The van der Waals surface area contributed by atoms with E-state index < -0.39 is 0 Å². The lowest BCUT2D eigenvalue weighted by Gasteiger charge is -2.20. The van der Waals surface area contributed by atoms with Gasteiger partial charge in [0.2, 0.25) is 0 Å². The maximum atomic E-state index is 12.0. The van der Waals surface area contributed by atoms with Gasteiger partial charge in [-0.3, -0.25) is 4.79 Å². The van der Waals surface area contributed by atoms with Crippen LogP contribution in [0.3, 0.4) is 0 Å². The fourth-order valence-corrected chi connectivity index (χ4v) is 4.08. The van der Waals surface area contributed by atoms with E-state index in [0.717, 1.165) is 34.1 Å². The molecule has 2 heterocycles. The minimum atomic E-state index is 0.0286. The monoisotopic (exact) mass is 379 g/mol. The number of pyridine rings is 1. The molecule has 4 rings (SSSR count). The molecule has 29 heavy (non-hydrogen) atoms. The van der Waals surface area contributed by atoms with Crippen LogP contribution < -0.4 is 0 Å². The highest BCUT2D eigenvalue weighted by Gasteiger charge is 2.23. The third-order valence-corrected chi connectivity index (χ3v) is 5.37.